The predicted molar refractivity (Wildman–Crippen MR) is 108 cm³/mol. The second-order valence-electron chi connectivity index (χ2n) is 7.50. The van der Waals surface area contributed by atoms with Crippen LogP contribution in [0.25, 0.3) is 11.1 Å². The number of pyridine rings is 1. The molecule has 0 spiro atoms. The summed E-state index contributed by atoms with van der Waals surface area (Å²) in [4.78, 5) is 11.6. The monoisotopic (exact) mass is 375 g/mol. The van der Waals surface area contributed by atoms with Crippen LogP contribution in [0, 0.1) is 5.82 Å². The van der Waals surface area contributed by atoms with E-state index in [4.69, 9.17) is 0 Å². The highest BCUT2D eigenvalue weighted by Crippen LogP contribution is 2.31. The number of fused-ring (bicyclic) bond motifs is 1. The van der Waals surface area contributed by atoms with Gasteiger partial charge in [-0.05, 0) is 49.1 Å². The molecule has 1 fully saturated rings. The molecule has 28 heavy (non-hydrogen) atoms. The molecule has 0 atom stereocenters. The summed E-state index contributed by atoms with van der Waals surface area (Å²) in [5.74, 6) is 0.776. The van der Waals surface area contributed by atoms with Gasteiger partial charge < -0.3 is 4.90 Å². The van der Waals surface area contributed by atoms with Crippen molar-refractivity contribution in [1.29, 1.82) is 0 Å². The predicted octanol–water partition coefficient (Wildman–Crippen LogP) is 3.96. The fourth-order valence-corrected chi connectivity index (χ4v) is 4.10. The summed E-state index contributed by atoms with van der Waals surface area (Å²) in [6.45, 7) is 2.46. The van der Waals surface area contributed by atoms with E-state index in [0.717, 1.165) is 46.9 Å². The molecule has 0 unspecified atom stereocenters. The standard InChI is InChI=1S/C22H22FN5/c1-27-14-17(12-26-27)16-9-18-19(20(23)10-16)13-25-22(18)15-5-6-24-21(11-15)28-7-3-2-4-8-28/h5-6,9-12,14H,2-4,7-8,13H2,1H3. The summed E-state index contributed by atoms with van der Waals surface area (Å²) in [5, 5.41) is 4.21. The van der Waals surface area contributed by atoms with Crippen LogP contribution in [-0.2, 0) is 13.6 Å². The fraction of sp³-hybridized carbons (Fsp3) is 0.318. The van der Waals surface area contributed by atoms with Gasteiger partial charge in [0.05, 0.1) is 18.5 Å². The van der Waals surface area contributed by atoms with E-state index < -0.39 is 0 Å². The number of hydrogen-bond acceptors (Lipinski definition) is 4. The lowest BCUT2D eigenvalue weighted by Gasteiger charge is -2.28. The van der Waals surface area contributed by atoms with E-state index in [1.807, 2.05) is 31.6 Å². The molecule has 5 rings (SSSR count). The van der Waals surface area contributed by atoms with E-state index in [1.54, 1.807) is 16.9 Å². The van der Waals surface area contributed by atoms with Gasteiger partial charge in [0.1, 0.15) is 11.6 Å². The molecule has 0 N–H and O–H groups in total. The van der Waals surface area contributed by atoms with Crippen molar-refractivity contribution in [2.45, 2.75) is 25.8 Å². The van der Waals surface area contributed by atoms with E-state index in [1.165, 1.54) is 19.3 Å². The number of benzene rings is 1. The number of aryl methyl sites for hydroxylation is 1. The maximum Gasteiger partial charge on any atom is 0.129 e. The van der Waals surface area contributed by atoms with Crippen LogP contribution in [0.5, 0.6) is 0 Å². The molecule has 0 aliphatic carbocycles. The second-order valence-corrected chi connectivity index (χ2v) is 7.50. The van der Waals surface area contributed by atoms with Gasteiger partial charge in [0.2, 0.25) is 0 Å². The zero-order valence-corrected chi connectivity index (χ0v) is 15.9. The SMILES string of the molecule is Cn1cc(-c2cc(F)c3c(c2)C(c2ccnc(N4CCCCC4)c2)=NC3)cn1. The lowest BCUT2D eigenvalue weighted by Crippen LogP contribution is -2.30. The molecule has 0 amide bonds. The van der Waals surface area contributed by atoms with E-state index in [2.05, 4.69) is 26.0 Å². The van der Waals surface area contributed by atoms with Crippen molar-refractivity contribution in [2.75, 3.05) is 18.0 Å². The molecule has 6 heteroatoms. The van der Waals surface area contributed by atoms with Gasteiger partial charge in [-0.1, -0.05) is 0 Å². The molecule has 1 saturated heterocycles. The van der Waals surface area contributed by atoms with Crippen LogP contribution >= 0.6 is 0 Å². The molecule has 142 valence electrons. The lowest BCUT2D eigenvalue weighted by molar-refractivity contribution is 0.573. The molecular weight excluding hydrogens is 353 g/mol. The molecule has 0 radical (unpaired) electrons. The smallest absolute Gasteiger partial charge is 0.129 e. The van der Waals surface area contributed by atoms with Crippen molar-refractivity contribution in [3.8, 4) is 11.1 Å². The normalized spacial score (nSPS) is 16.2. The first-order valence-corrected chi connectivity index (χ1v) is 9.77. The van der Waals surface area contributed by atoms with E-state index >= 15 is 0 Å². The molecule has 1 aromatic carbocycles. The van der Waals surface area contributed by atoms with E-state index in [0.29, 0.717) is 12.1 Å². The first-order valence-electron chi connectivity index (χ1n) is 9.77. The van der Waals surface area contributed by atoms with Crippen molar-refractivity contribution in [1.82, 2.24) is 14.8 Å². The van der Waals surface area contributed by atoms with Gasteiger partial charge in [-0.25, -0.2) is 9.37 Å². The van der Waals surface area contributed by atoms with Crippen LogP contribution in [0.15, 0.2) is 47.8 Å². The van der Waals surface area contributed by atoms with Gasteiger partial charge in [0.25, 0.3) is 0 Å². The van der Waals surface area contributed by atoms with Crippen LogP contribution in [0.4, 0.5) is 10.2 Å². The topological polar surface area (TPSA) is 46.3 Å². The third kappa shape index (κ3) is 2.99. The van der Waals surface area contributed by atoms with Crippen molar-refractivity contribution >= 4 is 11.5 Å². The first-order chi connectivity index (χ1) is 13.7. The van der Waals surface area contributed by atoms with Crippen LogP contribution < -0.4 is 4.90 Å². The van der Waals surface area contributed by atoms with Crippen LogP contribution in [-0.4, -0.2) is 33.6 Å². The Labute approximate surface area is 163 Å². The minimum absolute atomic E-state index is 0.208. The highest BCUT2D eigenvalue weighted by atomic mass is 19.1. The third-order valence-corrected chi connectivity index (χ3v) is 5.58. The van der Waals surface area contributed by atoms with Crippen LogP contribution in [0.3, 0.4) is 0 Å². The van der Waals surface area contributed by atoms with Gasteiger partial charge in [0.15, 0.2) is 0 Å². The van der Waals surface area contributed by atoms with Crippen molar-refractivity contribution < 1.29 is 4.39 Å². The van der Waals surface area contributed by atoms with Gasteiger partial charge >= 0.3 is 0 Å². The Balaban J connectivity index is 1.53. The highest BCUT2D eigenvalue weighted by molar-refractivity contribution is 6.15. The number of anilines is 1. The first kappa shape index (κ1) is 17.1. The zero-order valence-electron chi connectivity index (χ0n) is 15.9. The molecule has 3 aromatic rings. The molecule has 2 aliphatic rings. The number of piperidine rings is 1. The van der Waals surface area contributed by atoms with Gasteiger partial charge in [0, 0.05) is 54.8 Å². The number of nitrogens with zero attached hydrogens (tertiary/aromatic N) is 5. The van der Waals surface area contributed by atoms with Crippen molar-refractivity contribution in [3.05, 3.63) is 65.4 Å². The largest absolute Gasteiger partial charge is 0.357 e. The summed E-state index contributed by atoms with van der Waals surface area (Å²) < 4.78 is 16.5. The number of aromatic nitrogens is 3. The Morgan fingerprint density at radius 2 is 1.86 bits per heavy atom. The van der Waals surface area contributed by atoms with Crippen LogP contribution in [0.1, 0.15) is 36.0 Å². The molecule has 2 aliphatic heterocycles. The minimum Gasteiger partial charge on any atom is -0.357 e. The Morgan fingerprint density at radius 3 is 2.64 bits per heavy atom. The van der Waals surface area contributed by atoms with Gasteiger partial charge in [-0.2, -0.15) is 5.10 Å². The van der Waals surface area contributed by atoms with Crippen molar-refractivity contribution in [3.63, 3.8) is 0 Å². The number of halogens is 1. The quantitative estimate of drug-likeness (QED) is 0.696. The Hall–Kier alpha value is -3.02. The Bertz CT molecular complexity index is 1060. The third-order valence-electron chi connectivity index (χ3n) is 5.58. The summed E-state index contributed by atoms with van der Waals surface area (Å²) in [5.41, 5.74) is 5.11. The summed E-state index contributed by atoms with van der Waals surface area (Å²) >= 11 is 0. The molecule has 2 aromatic heterocycles. The van der Waals surface area contributed by atoms with E-state index in [9.17, 15) is 4.39 Å². The Morgan fingerprint density at radius 1 is 1.00 bits per heavy atom. The maximum absolute atomic E-state index is 14.8. The number of rotatable bonds is 3. The van der Waals surface area contributed by atoms with Crippen LogP contribution in [0.2, 0.25) is 0 Å². The second kappa shape index (κ2) is 6.86. The Kier molecular flexibility index (Phi) is 4.19. The minimum atomic E-state index is -0.208. The molecule has 0 saturated carbocycles. The highest BCUT2D eigenvalue weighted by Gasteiger charge is 2.23. The van der Waals surface area contributed by atoms with Crippen molar-refractivity contribution in [2.24, 2.45) is 12.0 Å². The number of hydrogen-bond donors (Lipinski definition) is 0. The van der Waals surface area contributed by atoms with Gasteiger partial charge in [-0.3, -0.25) is 9.67 Å². The lowest BCUT2D eigenvalue weighted by atomic mass is 9.96. The number of aliphatic imine (C=N–C) groups is 1. The average molecular weight is 375 g/mol. The molecular formula is C22H22FN5. The maximum atomic E-state index is 14.8. The summed E-state index contributed by atoms with van der Waals surface area (Å²) in [7, 11) is 1.86. The average Bonchev–Trinajstić information content (AvgIpc) is 3.35. The van der Waals surface area contributed by atoms with Gasteiger partial charge in [-0.15, -0.1) is 0 Å². The summed E-state index contributed by atoms with van der Waals surface area (Å²) in [6.07, 6.45) is 9.18. The fourth-order valence-electron chi connectivity index (χ4n) is 4.10. The van der Waals surface area contributed by atoms with E-state index in [-0.39, 0.29) is 5.82 Å². The molecule has 4 heterocycles. The molecule has 0 bridgehead atoms. The summed E-state index contributed by atoms with van der Waals surface area (Å²) in [6, 6.07) is 7.67. The zero-order chi connectivity index (χ0) is 19.1. The molecule has 5 nitrogen and oxygen atoms in total.